The smallest absolute Gasteiger partial charge is 0.224 e. The molecule has 0 aromatic rings. The molecule has 1 rings (SSSR count). The topological polar surface area (TPSA) is 35.6 Å². The quantitative estimate of drug-likeness (QED) is 0.761. The molecule has 4 nitrogen and oxygen atoms in total. The number of hydrogen-bond acceptors (Lipinski definition) is 3. The highest BCUT2D eigenvalue weighted by molar-refractivity contribution is 5.76. The molecule has 0 aromatic heterocycles. The lowest BCUT2D eigenvalue weighted by molar-refractivity contribution is -0.132. The first-order valence-electron chi connectivity index (χ1n) is 6.22. The van der Waals surface area contributed by atoms with E-state index in [2.05, 4.69) is 17.1 Å². The summed E-state index contributed by atoms with van der Waals surface area (Å²) in [5.74, 6) is 0.251. The van der Waals surface area contributed by atoms with Crippen LogP contribution in [0.25, 0.3) is 0 Å². The van der Waals surface area contributed by atoms with E-state index in [1.807, 2.05) is 25.8 Å². The van der Waals surface area contributed by atoms with Gasteiger partial charge in [-0.15, -0.1) is 0 Å². The zero-order valence-electron chi connectivity index (χ0n) is 11.0. The number of nitrogens with one attached hydrogen (secondary N) is 1. The highest BCUT2D eigenvalue weighted by Gasteiger charge is 2.21. The Morgan fingerprint density at radius 2 is 1.88 bits per heavy atom. The summed E-state index contributed by atoms with van der Waals surface area (Å²) in [7, 11) is 1.89. The summed E-state index contributed by atoms with van der Waals surface area (Å²) in [4.78, 5) is 16.1. The minimum Gasteiger partial charge on any atom is -0.343 e. The molecule has 1 heterocycles. The molecule has 0 aromatic carbocycles. The van der Waals surface area contributed by atoms with Gasteiger partial charge in [-0.25, -0.2) is 0 Å². The molecule has 0 aliphatic carbocycles. The molecule has 1 aliphatic rings. The summed E-state index contributed by atoms with van der Waals surface area (Å²) in [6.45, 7) is 10.4. The first-order chi connectivity index (χ1) is 7.52. The lowest BCUT2D eigenvalue weighted by Crippen LogP contribution is -2.49. The van der Waals surface area contributed by atoms with Crippen molar-refractivity contribution >= 4 is 5.91 Å². The third kappa shape index (κ3) is 3.76. The van der Waals surface area contributed by atoms with Gasteiger partial charge in [0, 0.05) is 51.7 Å². The van der Waals surface area contributed by atoms with Crippen LogP contribution >= 0.6 is 0 Å². The van der Waals surface area contributed by atoms with Crippen LogP contribution in [0, 0.1) is 0 Å². The number of amides is 1. The van der Waals surface area contributed by atoms with Gasteiger partial charge in [0.25, 0.3) is 0 Å². The molecule has 1 unspecified atom stereocenters. The van der Waals surface area contributed by atoms with Crippen LogP contribution in [0.4, 0.5) is 0 Å². The van der Waals surface area contributed by atoms with E-state index in [1.54, 1.807) is 0 Å². The number of nitrogens with zero attached hydrogens (tertiary/aromatic N) is 2. The first-order valence-corrected chi connectivity index (χ1v) is 6.22. The van der Waals surface area contributed by atoms with Gasteiger partial charge in [-0.05, 0) is 20.8 Å². The summed E-state index contributed by atoms with van der Waals surface area (Å²) >= 11 is 0. The molecule has 4 heteroatoms. The highest BCUT2D eigenvalue weighted by atomic mass is 16.2. The molecule has 1 fully saturated rings. The molecule has 0 saturated carbocycles. The largest absolute Gasteiger partial charge is 0.343 e. The van der Waals surface area contributed by atoms with Crippen molar-refractivity contribution in [2.45, 2.75) is 39.3 Å². The molecular weight excluding hydrogens is 202 g/mol. The molecule has 16 heavy (non-hydrogen) atoms. The van der Waals surface area contributed by atoms with Crippen molar-refractivity contribution in [2.75, 3.05) is 33.2 Å². The monoisotopic (exact) mass is 227 g/mol. The third-order valence-corrected chi connectivity index (χ3v) is 3.41. The first kappa shape index (κ1) is 13.5. The van der Waals surface area contributed by atoms with E-state index in [0.717, 1.165) is 26.2 Å². The SMILES string of the molecule is CC(CC(=O)N(C)C(C)C)N1CCNCC1. The van der Waals surface area contributed by atoms with Crippen LogP contribution in [-0.4, -0.2) is 61.0 Å². The zero-order valence-corrected chi connectivity index (χ0v) is 11.0. The average Bonchev–Trinajstić information content (AvgIpc) is 2.28. The second kappa shape index (κ2) is 6.21. The van der Waals surface area contributed by atoms with Gasteiger partial charge in [-0.2, -0.15) is 0 Å². The normalized spacial score (nSPS) is 19.8. The Labute approximate surface area is 99.0 Å². The molecule has 1 atom stereocenters. The summed E-state index contributed by atoms with van der Waals surface area (Å²) in [6, 6.07) is 0.651. The van der Waals surface area contributed by atoms with E-state index < -0.39 is 0 Å². The summed E-state index contributed by atoms with van der Waals surface area (Å²) < 4.78 is 0. The fourth-order valence-electron chi connectivity index (χ4n) is 1.94. The Morgan fingerprint density at radius 1 is 1.31 bits per heavy atom. The number of hydrogen-bond donors (Lipinski definition) is 1. The van der Waals surface area contributed by atoms with Crippen molar-refractivity contribution in [3.05, 3.63) is 0 Å². The van der Waals surface area contributed by atoms with Gasteiger partial charge in [0.15, 0.2) is 0 Å². The van der Waals surface area contributed by atoms with E-state index in [4.69, 9.17) is 0 Å². The van der Waals surface area contributed by atoms with Gasteiger partial charge in [-0.1, -0.05) is 0 Å². The predicted octanol–water partition coefficient (Wildman–Crippen LogP) is 0.537. The maximum absolute atomic E-state index is 11.9. The Morgan fingerprint density at radius 3 is 2.38 bits per heavy atom. The van der Waals surface area contributed by atoms with E-state index >= 15 is 0 Å². The Bertz CT molecular complexity index is 224. The Hall–Kier alpha value is -0.610. The minimum absolute atomic E-state index is 0.251. The molecule has 0 spiro atoms. The fourth-order valence-corrected chi connectivity index (χ4v) is 1.94. The van der Waals surface area contributed by atoms with Crippen molar-refractivity contribution in [1.29, 1.82) is 0 Å². The van der Waals surface area contributed by atoms with Gasteiger partial charge in [0.05, 0.1) is 0 Å². The van der Waals surface area contributed by atoms with E-state index in [-0.39, 0.29) is 5.91 Å². The number of rotatable bonds is 4. The van der Waals surface area contributed by atoms with Crippen LogP contribution in [0.5, 0.6) is 0 Å². The van der Waals surface area contributed by atoms with E-state index in [9.17, 15) is 4.79 Å². The van der Waals surface area contributed by atoms with Crippen LogP contribution in [0.1, 0.15) is 27.2 Å². The molecule has 0 bridgehead atoms. The van der Waals surface area contributed by atoms with Gasteiger partial charge in [0.2, 0.25) is 5.91 Å². The van der Waals surface area contributed by atoms with Crippen molar-refractivity contribution < 1.29 is 4.79 Å². The summed E-state index contributed by atoms with van der Waals surface area (Å²) in [5, 5.41) is 3.33. The minimum atomic E-state index is 0.251. The molecule has 94 valence electrons. The Balaban J connectivity index is 2.37. The van der Waals surface area contributed by atoms with Crippen LogP contribution in [0.3, 0.4) is 0 Å². The maximum atomic E-state index is 11.9. The summed E-state index contributed by atoms with van der Waals surface area (Å²) in [5.41, 5.74) is 0. The summed E-state index contributed by atoms with van der Waals surface area (Å²) in [6.07, 6.45) is 0.634. The van der Waals surface area contributed by atoms with E-state index in [1.165, 1.54) is 0 Å². The molecule has 1 amide bonds. The highest BCUT2D eigenvalue weighted by Crippen LogP contribution is 2.08. The predicted molar refractivity (Wildman–Crippen MR) is 66.4 cm³/mol. The molecule has 1 saturated heterocycles. The fraction of sp³-hybridized carbons (Fsp3) is 0.917. The van der Waals surface area contributed by atoms with E-state index in [0.29, 0.717) is 18.5 Å². The van der Waals surface area contributed by atoms with Crippen LogP contribution in [0.15, 0.2) is 0 Å². The lowest BCUT2D eigenvalue weighted by Gasteiger charge is -2.33. The number of piperazine rings is 1. The zero-order chi connectivity index (χ0) is 12.1. The molecule has 1 aliphatic heterocycles. The molecule has 0 radical (unpaired) electrons. The molecule has 1 N–H and O–H groups in total. The van der Waals surface area contributed by atoms with Crippen molar-refractivity contribution in [3.8, 4) is 0 Å². The van der Waals surface area contributed by atoms with Crippen molar-refractivity contribution in [2.24, 2.45) is 0 Å². The van der Waals surface area contributed by atoms with Gasteiger partial charge in [0.1, 0.15) is 0 Å². The van der Waals surface area contributed by atoms with Crippen LogP contribution < -0.4 is 5.32 Å². The second-order valence-corrected chi connectivity index (χ2v) is 4.94. The van der Waals surface area contributed by atoms with Gasteiger partial charge >= 0.3 is 0 Å². The second-order valence-electron chi connectivity index (χ2n) is 4.94. The van der Waals surface area contributed by atoms with Crippen molar-refractivity contribution in [1.82, 2.24) is 15.1 Å². The van der Waals surface area contributed by atoms with Crippen LogP contribution in [-0.2, 0) is 4.79 Å². The Kier molecular flexibility index (Phi) is 5.22. The van der Waals surface area contributed by atoms with Gasteiger partial charge < -0.3 is 10.2 Å². The van der Waals surface area contributed by atoms with Crippen LogP contribution in [0.2, 0.25) is 0 Å². The lowest BCUT2D eigenvalue weighted by atomic mass is 10.1. The standard InChI is InChI=1S/C12H25N3O/c1-10(2)14(4)12(16)9-11(3)15-7-5-13-6-8-15/h10-11,13H,5-9H2,1-4H3. The third-order valence-electron chi connectivity index (χ3n) is 3.41. The maximum Gasteiger partial charge on any atom is 0.224 e. The van der Waals surface area contributed by atoms with Gasteiger partial charge in [-0.3, -0.25) is 9.69 Å². The number of carbonyl (C=O) groups excluding carboxylic acids is 1. The van der Waals surface area contributed by atoms with Crippen molar-refractivity contribution in [3.63, 3.8) is 0 Å². The molecular formula is C12H25N3O. The number of carbonyl (C=O) groups is 1. The average molecular weight is 227 g/mol.